The monoisotopic (exact) mass is 315 g/mol. The van der Waals surface area contributed by atoms with Gasteiger partial charge in [-0.05, 0) is 25.0 Å². The van der Waals surface area contributed by atoms with Crippen LogP contribution < -0.4 is 9.64 Å². The van der Waals surface area contributed by atoms with Gasteiger partial charge in [-0.25, -0.2) is 9.37 Å². The van der Waals surface area contributed by atoms with Gasteiger partial charge in [0.25, 0.3) is 5.91 Å². The van der Waals surface area contributed by atoms with Gasteiger partial charge in [-0.1, -0.05) is 12.8 Å². The largest absolute Gasteiger partial charge is 0.482 e. The molecule has 1 aromatic carbocycles. The number of hydrogen-bond donors (Lipinski definition) is 0. The molecule has 1 aliphatic carbocycles. The molecule has 2 heterocycles. The van der Waals surface area contributed by atoms with E-state index in [0.29, 0.717) is 24.0 Å². The van der Waals surface area contributed by atoms with Crippen LogP contribution in [0.5, 0.6) is 5.75 Å². The summed E-state index contributed by atoms with van der Waals surface area (Å²) in [6, 6.07) is 4.71. The zero-order valence-electron chi connectivity index (χ0n) is 12.7. The molecule has 1 saturated carbocycles. The lowest BCUT2D eigenvalue weighted by Gasteiger charge is -2.30. The number of hydrogen-bond acceptors (Lipinski definition) is 3. The summed E-state index contributed by atoms with van der Waals surface area (Å²) < 4.78 is 21.1. The van der Waals surface area contributed by atoms with Crippen molar-refractivity contribution in [2.75, 3.05) is 11.5 Å². The number of carbonyl (C=O) groups excluding carboxylic acids is 1. The Labute approximate surface area is 133 Å². The maximum Gasteiger partial charge on any atom is 0.265 e. The molecule has 1 fully saturated rings. The number of benzene rings is 1. The molecule has 1 aromatic heterocycles. The van der Waals surface area contributed by atoms with E-state index >= 15 is 0 Å². The smallest absolute Gasteiger partial charge is 0.265 e. The molecule has 5 nitrogen and oxygen atoms in total. The second kappa shape index (κ2) is 5.68. The molecule has 0 N–H and O–H groups in total. The fourth-order valence-electron chi connectivity index (χ4n) is 3.48. The lowest BCUT2D eigenvalue weighted by Crippen LogP contribution is -2.38. The minimum atomic E-state index is -0.378. The first-order valence-corrected chi connectivity index (χ1v) is 7.96. The summed E-state index contributed by atoms with van der Waals surface area (Å²) in [5, 5.41) is 0. The van der Waals surface area contributed by atoms with Gasteiger partial charge in [-0.15, -0.1) is 0 Å². The minimum absolute atomic E-state index is 0.0177. The highest BCUT2D eigenvalue weighted by molar-refractivity contribution is 5.97. The third kappa shape index (κ3) is 2.58. The molecular formula is C17H18FN3O2. The molecule has 6 heteroatoms. The summed E-state index contributed by atoms with van der Waals surface area (Å²) in [6.07, 6.45) is 8.37. The predicted octanol–water partition coefficient (Wildman–Crippen LogP) is 3.06. The predicted molar refractivity (Wildman–Crippen MR) is 82.8 cm³/mol. The van der Waals surface area contributed by atoms with Crippen molar-refractivity contribution >= 4 is 11.6 Å². The Hall–Kier alpha value is -2.37. The summed E-state index contributed by atoms with van der Waals surface area (Å²) in [7, 11) is 0. The van der Waals surface area contributed by atoms with Gasteiger partial charge >= 0.3 is 0 Å². The number of fused-ring (bicyclic) bond motifs is 1. The van der Waals surface area contributed by atoms with Crippen molar-refractivity contribution < 1.29 is 13.9 Å². The van der Waals surface area contributed by atoms with Gasteiger partial charge in [0, 0.05) is 18.3 Å². The van der Waals surface area contributed by atoms with Crippen LogP contribution >= 0.6 is 0 Å². The van der Waals surface area contributed by atoms with Gasteiger partial charge in [0.1, 0.15) is 11.6 Å². The van der Waals surface area contributed by atoms with Crippen molar-refractivity contribution in [3.05, 3.63) is 42.2 Å². The maximum absolute atomic E-state index is 13.6. The Kier molecular flexibility index (Phi) is 3.52. The van der Waals surface area contributed by atoms with Crippen molar-refractivity contribution in [1.29, 1.82) is 0 Å². The third-order valence-corrected chi connectivity index (χ3v) is 4.65. The Balaban J connectivity index is 1.65. The van der Waals surface area contributed by atoms with E-state index in [1.54, 1.807) is 17.2 Å². The summed E-state index contributed by atoms with van der Waals surface area (Å²) in [5.74, 6) is -0.00319. The highest BCUT2D eigenvalue weighted by atomic mass is 19.1. The third-order valence-electron chi connectivity index (χ3n) is 4.65. The van der Waals surface area contributed by atoms with E-state index < -0.39 is 0 Å². The molecule has 2 aromatic rings. The average Bonchev–Trinajstić information content (AvgIpc) is 3.21. The molecule has 0 radical (unpaired) electrons. The Morgan fingerprint density at radius 1 is 1.30 bits per heavy atom. The Morgan fingerprint density at radius 3 is 2.96 bits per heavy atom. The fourth-order valence-corrected chi connectivity index (χ4v) is 3.48. The molecule has 1 amide bonds. The Morgan fingerprint density at radius 2 is 2.13 bits per heavy atom. The summed E-state index contributed by atoms with van der Waals surface area (Å²) in [5.41, 5.74) is 1.46. The molecular weight excluding hydrogens is 297 g/mol. The number of ether oxygens (including phenoxy) is 1. The van der Waals surface area contributed by atoms with Crippen molar-refractivity contribution in [3.63, 3.8) is 0 Å². The van der Waals surface area contributed by atoms with Crippen LogP contribution in [0.1, 0.15) is 37.4 Å². The number of rotatable bonds is 3. The SMILES string of the molecule is O=C1COc2ccc(F)cc2N1Cc1cncn1C1CCCC1. The zero-order chi connectivity index (χ0) is 15.8. The van der Waals surface area contributed by atoms with Crippen LogP contribution in [-0.4, -0.2) is 22.1 Å². The molecule has 0 spiro atoms. The number of carbonyl (C=O) groups is 1. The topological polar surface area (TPSA) is 47.4 Å². The lowest BCUT2D eigenvalue weighted by atomic mass is 10.2. The second-order valence-electron chi connectivity index (χ2n) is 6.11. The van der Waals surface area contributed by atoms with Gasteiger partial charge in [0.2, 0.25) is 0 Å². The van der Waals surface area contributed by atoms with Gasteiger partial charge in [-0.3, -0.25) is 9.69 Å². The van der Waals surface area contributed by atoms with E-state index in [1.165, 1.54) is 25.0 Å². The van der Waals surface area contributed by atoms with Crippen LogP contribution in [0.15, 0.2) is 30.7 Å². The molecule has 0 bridgehead atoms. The van der Waals surface area contributed by atoms with E-state index in [9.17, 15) is 9.18 Å². The number of nitrogens with zero attached hydrogens (tertiary/aromatic N) is 3. The van der Waals surface area contributed by atoms with Gasteiger partial charge < -0.3 is 9.30 Å². The van der Waals surface area contributed by atoms with E-state index in [1.807, 2.05) is 6.33 Å². The maximum atomic E-state index is 13.6. The molecule has 2 aliphatic rings. The van der Waals surface area contributed by atoms with Crippen molar-refractivity contribution in [2.24, 2.45) is 0 Å². The van der Waals surface area contributed by atoms with Gasteiger partial charge in [-0.2, -0.15) is 0 Å². The molecule has 1 aliphatic heterocycles. The number of imidazole rings is 1. The quantitative estimate of drug-likeness (QED) is 0.874. The molecule has 0 unspecified atom stereocenters. The Bertz CT molecular complexity index is 737. The van der Waals surface area contributed by atoms with E-state index in [0.717, 1.165) is 18.5 Å². The zero-order valence-corrected chi connectivity index (χ0v) is 12.7. The van der Waals surface area contributed by atoms with Crippen LogP contribution in [0.4, 0.5) is 10.1 Å². The van der Waals surface area contributed by atoms with Crippen LogP contribution in [0, 0.1) is 5.82 Å². The van der Waals surface area contributed by atoms with E-state index in [2.05, 4.69) is 9.55 Å². The molecule has 4 rings (SSSR count). The van der Waals surface area contributed by atoms with E-state index in [4.69, 9.17) is 4.74 Å². The van der Waals surface area contributed by atoms with Gasteiger partial charge in [0.05, 0.1) is 24.3 Å². The summed E-state index contributed by atoms with van der Waals surface area (Å²) in [6.45, 7) is 0.366. The highest BCUT2D eigenvalue weighted by Gasteiger charge is 2.28. The molecule has 0 saturated heterocycles. The minimum Gasteiger partial charge on any atom is -0.482 e. The number of aromatic nitrogens is 2. The molecule has 23 heavy (non-hydrogen) atoms. The standard InChI is InChI=1S/C17H18FN3O2/c18-12-5-6-16-15(7-12)20(17(22)10-23-16)9-14-8-19-11-21(14)13-3-1-2-4-13/h5-8,11,13H,1-4,9-10H2. The first-order valence-electron chi connectivity index (χ1n) is 7.96. The van der Waals surface area contributed by atoms with Crippen LogP contribution in [0.2, 0.25) is 0 Å². The normalized spacial score (nSPS) is 18.1. The highest BCUT2D eigenvalue weighted by Crippen LogP contribution is 2.35. The van der Waals surface area contributed by atoms with Crippen LogP contribution in [0.25, 0.3) is 0 Å². The average molecular weight is 315 g/mol. The molecule has 0 atom stereocenters. The number of amides is 1. The van der Waals surface area contributed by atoms with E-state index in [-0.39, 0.29) is 18.3 Å². The summed E-state index contributed by atoms with van der Waals surface area (Å²) >= 11 is 0. The molecule has 120 valence electrons. The number of anilines is 1. The van der Waals surface area contributed by atoms with Crippen molar-refractivity contribution in [2.45, 2.75) is 38.3 Å². The second-order valence-corrected chi connectivity index (χ2v) is 6.11. The number of halogens is 1. The van der Waals surface area contributed by atoms with Crippen LogP contribution in [0.3, 0.4) is 0 Å². The summed E-state index contributed by atoms with van der Waals surface area (Å²) in [4.78, 5) is 18.1. The first-order chi connectivity index (χ1) is 11.2. The van der Waals surface area contributed by atoms with Crippen LogP contribution in [-0.2, 0) is 11.3 Å². The first kappa shape index (κ1) is 14.2. The lowest BCUT2D eigenvalue weighted by molar-refractivity contribution is -0.121. The van der Waals surface area contributed by atoms with Gasteiger partial charge in [0.15, 0.2) is 6.61 Å². The fraction of sp³-hybridized carbons (Fsp3) is 0.412. The van der Waals surface area contributed by atoms with Crippen molar-refractivity contribution in [3.8, 4) is 5.75 Å². The van der Waals surface area contributed by atoms with Crippen molar-refractivity contribution in [1.82, 2.24) is 9.55 Å².